The Labute approximate surface area is 122 Å². The van der Waals surface area contributed by atoms with Crippen LogP contribution in [-0.2, 0) is 11.2 Å². The summed E-state index contributed by atoms with van der Waals surface area (Å²) in [5, 5.41) is 2.97. The summed E-state index contributed by atoms with van der Waals surface area (Å²) in [4.78, 5) is 16.1. The first-order valence-corrected chi connectivity index (χ1v) is 8.58. The van der Waals surface area contributed by atoms with Crippen LogP contribution in [0.3, 0.4) is 0 Å². The molecule has 1 aromatic heterocycles. The summed E-state index contributed by atoms with van der Waals surface area (Å²) in [6.45, 7) is 4.99. The summed E-state index contributed by atoms with van der Waals surface area (Å²) in [7, 11) is 0. The minimum Gasteiger partial charge on any atom is -0.339 e. The largest absolute Gasteiger partial charge is 0.339 e. The van der Waals surface area contributed by atoms with Gasteiger partial charge in [-0.1, -0.05) is 15.9 Å². The Morgan fingerprint density at radius 1 is 1.61 bits per heavy atom. The van der Waals surface area contributed by atoms with E-state index in [0.29, 0.717) is 5.91 Å². The van der Waals surface area contributed by atoms with Crippen LogP contribution in [0, 0.1) is 0 Å². The lowest BCUT2D eigenvalue weighted by Gasteiger charge is -2.32. The molecule has 0 aliphatic heterocycles. The van der Waals surface area contributed by atoms with Gasteiger partial charge in [0.1, 0.15) is 0 Å². The van der Waals surface area contributed by atoms with Crippen molar-refractivity contribution in [2.24, 2.45) is 0 Å². The molecule has 1 amide bonds. The SMILES string of the molecule is CC(C)N(CCBr)C(=O)C1CCCc2sccc21. The molecule has 18 heavy (non-hydrogen) atoms. The van der Waals surface area contributed by atoms with E-state index in [2.05, 4.69) is 41.2 Å². The maximum Gasteiger partial charge on any atom is 0.230 e. The first kappa shape index (κ1) is 14.1. The van der Waals surface area contributed by atoms with Crippen molar-refractivity contribution in [1.82, 2.24) is 4.90 Å². The van der Waals surface area contributed by atoms with Crippen molar-refractivity contribution in [2.45, 2.75) is 45.1 Å². The van der Waals surface area contributed by atoms with Crippen LogP contribution in [-0.4, -0.2) is 28.7 Å². The van der Waals surface area contributed by atoms with Gasteiger partial charge in [0.05, 0.1) is 5.92 Å². The Morgan fingerprint density at radius 2 is 2.39 bits per heavy atom. The fourth-order valence-electron chi connectivity index (χ4n) is 2.66. The highest BCUT2D eigenvalue weighted by Gasteiger charge is 2.31. The number of rotatable bonds is 4. The molecule has 0 radical (unpaired) electrons. The van der Waals surface area contributed by atoms with Gasteiger partial charge < -0.3 is 4.90 Å². The van der Waals surface area contributed by atoms with Crippen LogP contribution < -0.4 is 0 Å². The van der Waals surface area contributed by atoms with Gasteiger partial charge >= 0.3 is 0 Å². The number of nitrogens with zero attached hydrogens (tertiary/aromatic N) is 1. The van der Waals surface area contributed by atoms with Crippen LogP contribution in [0.25, 0.3) is 0 Å². The van der Waals surface area contributed by atoms with E-state index in [1.807, 2.05) is 4.90 Å². The van der Waals surface area contributed by atoms with Crippen LogP contribution in [0.15, 0.2) is 11.4 Å². The van der Waals surface area contributed by atoms with Crippen molar-refractivity contribution in [3.8, 4) is 0 Å². The minimum atomic E-state index is 0.0986. The minimum absolute atomic E-state index is 0.0986. The summed E-state index contributed by atoms with van der Waals surface area (Å²) in [6.07, 6.45) is 3.30. The molecule has 0 saturated heterocycles. The summed E-state index contributed by atoms with van der Waals surface area (Å²) < 4.78 is 0. The Balaban J connectivity index is 2.19. The predicted molar refractivity (Wildman–Crippen MR) is 80.6 cm³/mol. The van der Waals surface area contributed by atoms with Crippen molar-refractivity contribution in [1.29, 1.82) is 0 Å². The molecule has 1 aliphatic rings. The Hall–Kier alpha value is -0.350. The normalized spacial score (nSPS) is 18.8. The van der Waals surface area contributed by atoms with E-state index >= 15 is 0 Å². The van der Waals surface area contributed by atoms with Crippen LogP contribution in [0.1, 0.15) is 43.0 Å². The average Bonchev–Trinajstić information content (AvgIpc) is 2.82. The van der Waals surface area contributed by atoms with E-state index in [1.54, 1.807) is 11.3 Å². The predicted octanol–water partition coefficient (Wildman–Crippen LogP) is 3.80. The highest BCUT2D eigenvalue weighted by molar-refractivity contribution is 9.09. The number of hydrogen-bond acceptors (Lipinski definition) is 2. The lowest BCUT2D eigenvalue weighted by atomic mass is 9.86. The second kappa shape index (κ2) is 6.20. The van der Waals surface area contributed by atoms with Crippen LogP contribution in [0.5, 0.6) is 0 Å². The van der Waals surface area contributed by atoms with Gasteiger partial charge in [-0.05, 0) is 50.1 Å². The standard InChI is InChI=1S/C14H20BrNOS/c1-10(2)16(8-7-15)14(17)12-4-3-5-13-11(12)6-9-18-13/h6,9-10,12H,3-5,7-8H2,1-2H3. The zero-order valence-electron chi connectivity index (χ0n) is 11.0. The summed E-state index contributed by atoms with van der Waals surface area (Å²) in [6, 6.07) is 2.42. The maximum absolute atomic E-state index is 12.7. The maximum atomic E-state index is 12.7. The molecule has 4 heteroatoms. The third-order valence-corrected chi connectivity index (χ3v) is 4.93. The fourth-order valence-corrected chi connectivity index (χ4v) is 4.03. The molecule has 0 N–H and O–H groups in total. The Kier molecular flexibility index (Phi) is 4.84. The monoisotopic (exact) mass is 329 g/mol. The molecule has 1 aromatic rings. The third kappa shape index (κ3) is 2.80. The van der Waals surface area contributed by atoms with Gasteiger partial charge in [0.15, 0.2) is 0 Å². The molecule has 0 fully saturated rings. The molecule has 0 spiro atoms. The van der Waals surface area contributed by atoms with Gasteiger partial charge in [0.2, 0.25) is 5.91 Å². The molecule has 2 nitrogen and oxygen atoms in total. The molecule has 100 valence electrons. The number of aryl methyl sites for hydroxylation is 1. The van der Waals surface area contributed by atoms with Gasteiger partial charge in [-0.2, -0.15) is 0 Å². The number of hydrogen-bond donors (Lipinski definition) is 0. The third-order valence-electron chi connectivity index (χ3n) is 3.58. The van der Waals surface area contributed by atoms with Crippen LogP contribution in [0.2, 0.25) is 0 Å². The van der Waals surface area contributed by atoms with E-state index in [1.165, 1.54) is 10.4 Å². The van der Waals surface area contributed by atoms with E-state index in [0.717, 1.165) is 31.1 Å². The number of fused-ring (bicyclic) bond motifs is 1. The van der Waals surface area contributed by atoms with Gasteiger partial charge in [-0.3, -0.25) is 4.79 Å². The molecule has 2 rings (SSSR count). The summed E-state index contributed by atoms with van der Waals surface area (Å²) in [5.41, 5.74) is 1.29. The van der Waals surface area contributed by atoms with E-state index in [-0.39, 0.29) is 12.0 Å². The molecule has 1 heterocycles. The average molecular weight is 330 g/mol. The van der Waals surface area contributed by atoms with Crippen molar-refractivity contribution in [3.63, 3.8) is 0 Å². The zero-order valence-corrected chi connectivity index (χ0v) is 13.4. The Bertz CT molecular complexity index is 416. The van der Waals surface area contributed by atoms with Crippen molar-refractivity contribution in [3.05, 3.63) is 21.9 Å². The smallest absolute Gasteiger partial charge is 0.230 e. The molecule has 1 atom stereocenters. The first-order chi connectivity index (χ1) is 8.65. The fraction of sp³-hybridized carbons (Fsp3) is 0.643. The number of thiophene rings is 1. The summed E-state index contributed by atoms with van der Waals surface area (Å²) >= 11 is 5.24. The summed E-state index contributed by atoms with van der Waals surface area (Å²) in [5.74, 6) is 0.408. The van der Waals surface area contributed by atoms with Crippen LogP contribution >= 0.6 is 27.3 Å². The molecule has 0 saturated carbocycles. The van der Waals surface area contributed by atoms with Crippen molar-refractivity contribution >= 4 is 33.2 Å². The molecular weight excluding hydrogens is 310 g/mol. The number of alkyl halides is 1. The number of amides is 1. The molecule has 1 aliphatic carbocycles. The van der Waals surface area contributed by atoms with E-state index < -0.39 is 0 Å². The number of carbonyl (C=O) groups excluding carboxylic acids is 1. The lowest BCUT2D eigenvalue weighted by Crippen LogP contribution is -2.41. The lowest BCUT2D eigenvalue weighted by molar-refractivity contribution is -0.134. The topological polar surface area (TPSA) is 20.3 Å². The van der Waals surface area contributed by atoms with Gasteiger partial charge in [0, 0.05) is 22.8 Å². The van der Waals surface area contributed by atoms with E-state index in [4.69, 9.17) is 0 Å². The van der Waals surface area contributed by atoms with Gasteiger partial charge in [-0.15, -0.1) is 11.3 Å². The number of halogens is 1. The van der Waals surface area contributed by atoms with Gasteiger partial charge in [-0.25, -0.2) is 0 Å². The molecule has 0 bridgehead atoms. The highest BCUT2D eigenvalue weighted by atomic mass is 79.9. The second-order valence-corrected chi connectivity index (χ2v) is 6.85. The van der Waals surface area contributed by atoms with Crippen molar-refractivity contribution < 1.29 is 4.79 Å². The van der Waals surface area contributed by atoms with Crippen molar-refractivity contribution in [2.75, 3.05) is 11.9 Å². The quantitative estimate of drug-likeness (QED) is 0.769. The Morgan fingerprint density at radius 3 is 3.06 bits per heavy atom. The zero-order chi connectivity index (χ0) is 13.1. The van der Waals surface area contributed by atoms with E-state index in [9.17, 15) is 4.79 Å². The highest BCUT2D eigenvalue weighted by Crippen LogP contribution is 2.36. The first-order valence-electron chi connectivity index (χ1n) is 6.58. The molecule has 0 aromatic carbocycles. The molecule has 1 unspecified atom stereocenters. The van der Waals surface area contributed by atoms with Crippen LogP contribution in [0.4, 0.5) is 0 Å². The molecular formula is C14H20BrNOS. The van der Waals surface area contributed by atoms with Gasteiger partial charge in [0.25, 0.3) is 0 Å². The second-order valence-electron chi connectivity index (χ2n) is 5.06. The number of carbonyl (C=O) groups is 1.